The highest BCUT2D eigenvalue weighted by atomic mass is 16.5. The number of para-hydroxylation sites is 2. The Morgan fingerprint density at radius 3 is 2.49 bits per heavy atom. The molecule has 2 heterocycles. The number of piperidine rings is 1. The lowest BCUT2D eigenvalue weighted by atomic mass is 10.0. The van der Waals surface area contributed by atoms with Crippen molar-refractivity contribution in [1.29, 1.82) is 0 Å². The molecule has 1 aromatic heterocycles. The Labute approximate surface area is 206 Å². The Morgan fingerprint density at radius 1 is 1.06 bits per heavy atom. The summed E-state index contributed by atoms with van der Waals surface area (Å²) in [4.78, 5) is 27.6. The van der Waals surface area contributed by atoms with Gasteiger partial charge in [-0.05, 0) is 43.5 Å². The third-order valence-corrected chi connectivity index (χ3v) is 6.20. The number of amides is 2. The summed E-state index contributed by atoms with van der Waals surface area (Å²) in [6, 6.07) is 17.4. The van der Waals surface area contributed by atoms with E-state index in [1.54, 1.807) is 18.0 Å². The van der Waals surface area contributed by atoms with Gasteiger partial charge in [-0.15, -0.1) is 0 Å². The first-order chi connectivity index (χ1) is 17.1. The van der Waals surface area contributed by atoms with Crippen LogP contribution in [-0.4, -0.2) is 65.8 Å². The number of hydrogen-bond acceptors (Lipinski definition) is 5. The van der Waals surface area contributed by atoms with Gasteiger partial charge in [-0.25, -0.2) is 4.68 Å². The number of aromatic nitrogens is 2. The molecule has 2 N–H and O–H groups in total. The van der Waals surface area contributed by atoms with Crippen molar-refractivity contribution in [3.05, 3.63) is 66.4 Å². The third-order valence-electron chi connectivity index (χ3n) is 6.20. The van der Waals surface area contributed by atoms with Crippen LogP contribution in [0.4, 0.5) is 0 Å². The highest BCUT2D eigenvalue weighted by molar-refractivity contribution is 6.00. The Bertz CT molecular complexity index is 1140. The van der Waals surface area contributed by atoms with Crippen LogP contribution in [0.25, 0.3) is 16.9 Å². The van der Waals surface area contributed by atoms with E-state index in [1.807, 2.05) is 61.5 Å². The van der Waals surface area contributed by atoms with Crippen molar-refractivity contribution in [1.82, 2.24) is 25.3 Å². The van der Waals surface area contributed by atoms with Crippen molar-refractivity contribution < 1.29 is 14.3 Å². The van der Waals surface area contributed by atoms with Crippen LogP contribution in [-0.2, 0) is 4.79 Å². The number of nitrogens with zero attached hydrogens (tertiary/aromatic N) is 3. The average Bonchev–Trinajstić information content (AvgIpc) is 3.35. The van der Waals surface area contributed by atoms with Gasteiger partial charge in [0.25, 0.3) is 5.91 Å². The zero-order valence-electron chi connectivity index (χ0n) is 20.4. The van der Waals surface area contributed by atoms with Crippen molar-refractivity contribution in [3.63, 3.8) is 0 Å². The second-order valence-corrected chi connectivity index (χ2v) is 8.75. The van der Waals surface area contributed by atoms with E-state index in [4.69, 9.17) is 9.84 Å². The highest BCUT2D eigenvalue weighted by Crippen LogP contribution is 2.32. The van der Waals surface area contributed by atoms with Crippen LogP contribution in [0.2, 0.25) is 0 Å². The Morgan fingerprint density at radius 2 is 1.77 bits per heavy atom. The van der Waals surface area contributed by atoms with Crippen LogP contribution >= 0.6 is 0 Å². The quantitative estimate of drug-likeness (QED) is 0.496. The molecule has 35 heavy (non-hydrogen) atoms. The van der Waals surface area contributed by atoms with Crippen molar-refractivity contribution >= 4 is 11.8 Å². The van der Waals surface area contributed by atoms with Gasteiger partial charge in [-0.3, -0.25) is 14.5 Å². The summed E-state index contributed by atoms with van der Waals surface area (Å²) in [5, 5.41) is 10.9. The standard InChI is InChI=1S/C27H33N5O3/c1-3-15-28-25(33)19-31-16-13-20(14-17-31)29-27(34)23-18-32(21-9-5-4-6-10-21)30-26(23)22-11-7-8-12-24(22)35-2/h4-12,18,20H,3,13-17,19H2,1-2H3,(H,28,33)(H,29,34). The van der Waals surface area contributed by atoms with Gasteiger partial charge in [0.2, 0.25) is 5.91 Å². The second-order valence-electron chi connectivity index (χ2n) is 8.75. The molecule has 3 aromatic rings. The van der Waals surface area contributed by atoms with E-state index in [1.165, 1.54) is 0 Å². The molecule has 2 amide bonds. The van der Waals surface area contributed by atoms with E-state index in [9.17, 15) is 9.59 Å². The molecular weight excluding hydrogens is 442 g/mol. The van der Waals surface area contributed by atoms with Crippen molar-refractivity contribution in [2.24, 2.45) is 0 Å². The predicted octanol–water partition coefficient (Wildman–Crippen LogP) is 3.27. The molecule has 0 atom stereocenters. The minimum atomic E-state index is -0.160. The van der Waals surface area contributed by atoms with Gasteiger partial charge in [-0.1, -0.05) is 37.3 Å². The van der Waals surface area contributed by atoms with E-state index in [0.717, 1.165) is 43.6 Å². The minimum absolute atomic E-state index is 0.0445. The molecule has 0 radical (unpaired) electrons. The van der Waals surface area contributed by atoms with E-state index in [0.29, 0.717) is 30.1 Å². The summed E-state index contributed by atoms with van der Waals surface area (Å²) in [6.45, 7) is 4.69. The fourth-order valence-electron chi connectivity index (χ4n) is 4.31. The summed E-state index contributed by atoms with van der Waals surface area (Å²) in [6.07, 6.45) is 4.30. The summed E-state index contributed by atoms with van der Waals surface area (Å²) < 4.78 is 7.28. The van der Waals surface area contributed by atoms with Gasteiger partial charge in [0, 0.05) is 37.4 Å². The predicted molar refractivity (Wildman–Crippen MR) is 136 cm³/mol. The molecule has 2 aromatic carbocycles. The maximum absolute atomic E-state index is 13.4. The SMILES string of the molecule is CCCNC(=O)CN1CCC(NC(=O)c2cn(-c3ccccc3)nc2-c2ccccc2OC)CC1. The normalized spacial score (nSPS) is 14.5. The maximum atomic E-state index is 13.4. The Balaban J connectivity index is 1.49. The van der Waals surface area contributed by atoms with Crippen LogP contribution < -0.4 is 15.4 Å². The van der Waals surface area contributed by atoms with Crippen LogP contribution in [0, 0.1) is 0 Å². The molecule has 1 aliphatic heterocycles. The molecule has 8 heteroatoms. The first-order valence-electron chi connectivity index (χ1n) is 12.2. The van der Waals surface area contributed by atoms with Crippen LogP contribution in [0.15, 0.2) is 60.8 Å². The van der Waals surface area contributed by atoms with Crippen LogP contribution in [0.1, 0.15) is 36.5 Å². The summed E-state index contributed by atoms with van der Waals surface area (Å²) in [7, 11) is 1.61. The number of benzene rings is 2. The molecule has 0 saturated carbocycles. The van der Waals surface area contributed by atoms with Crippen molar-refractivity contribution in [2.75, 3.05) is 33.3 Å². The fourth-order valence-corrected chi connectivity index (χ4v) is 4.31. The number of likely N-dealkylation sites (tertiary alicyclic amines) is 1. The van der Waals surface area contributed by atoms with Crippen LogP contribution in [0.3, 0.4) is 0 Å². The molecule has 1 aliphatic rings. The molecule has 4 rings (SSSR count). The van der Waals surface area contributed by atoms with Gasteiger partial charge in [0.1, 0.15) is 11.4 Å². The highest BCUT2D eigenvalue weighted by Gasteiger charge is 2.26. The lowest BCUT2D eigenvalue weighted by Gasteiger charge is -2.31. The topological polar surface area (TPSA) is 88.5 Å². The summed E-state index contributed by atoms with van der Waals surface area (Å²) in [5.74, 6) is 0.561. The molecule has 0 bridgehead atoms. The van der Waals surface area contributed by atoms with E-state index in [-0.39, 0.29) is 17.9 Å². The number of nitrogens with one attached hydrogen (secondary N) is 2. The number of hydrogen-bond donors (Lipinski definition) is 2. The van der Waals surface area contributed by atoms with Gasteiger partial charge >= 0.3 is 0 Å². The smallest absolute Gasteiger partial charge is 0.255 e. The van der Waals surface area contributed by atoms with Gasteiger partial charge in [0.05, 0.1) is 24.9 Å². The zero-order chi connectivity index (χ0) is 24.6. The summed E-state index contributed by atoms with van der Waals surface area (Å²) >= 11 is 0. The number of methoxy groups -OCH3 is 1. The van der Waals surface area contributed by atoms with Crippen molar-refractivity contribution in [2.45, 2.75) is 32.2 Å². The maximum Gasteiger partial charge on any atom is 0.255 e. The second kappa shape index (κ2) is 11.7. The largest absolute Gasteiger partial charge is 0.496 e. The number of rotatable bonds is 9. The molecule has 1 saturated heterocycles. The average molecular weight is 476 g/mol. The van der Waals surface area contributed by atoms with E-state index in [2.05, 4.69) is 15.5 Å². The Hall–Kier alpha value is -3.65. The molecule has 8 nitrogen and oxygen atoms in total. The molecule has 0 aliphatic carbocycles. The lowest BCUT2D eigenvalue weighted by Crippen LogP contribution is -2.47. The first-order valence-corrected chi connectivity index (χ1v) is 12.2. The number of carbonyl (C=O) groups is 2. The van der Waals surface area contributed by atoms with E-state index < -0.39 is 0 Å². The van der Waals surface area contributed by atoms with Crippen LogP contribution in [0.5, 0.6) is 5.75 Å². The third kappa shape index (κ3) is 6.08. The first kappa shape index (κ1) is 24.5. The molecular formula is C27H33N5O3. The molecule has 0 spiro atoms. The summed E-state index contributed by atoms with van der Waals surface area (Å²) in [5.41, 5.74) is 2.72. The van der Waals surface area contributed by atoms with Gasteiger partial charge in [0.15, 0.2) is 0 Å². The van der Waals surface area contributed by atoms with Gasteiger partial charge < -0.3 is 15.4 Å². The number of ether oxygens (including phenoxy) is 1. The lowest BCUT2D eigenvalue weighted by molar-refractivity contribution is -0.122. The zero-order valence-corrected chi connectivity index (χ0v) is 20.4. The Kier molecular flexibility index (Phi) is 8.15. The minimum Gasteiger partial charge on any atom is -0.496 e. The van der Waals surface area contributed by atoms with Crippen molar-refractivity contribution in [3.8, 4) is 22.7 Å². The van der Waals surface area contributed by atoms with Gasteiger partial charge in [-0.2, -0.15) is 5.10 Å². The fraction of sp³-hybridized carbons (Fsp3) is 0.370. The monoisotopic (exact) mass is 475 g/mol. The molecule has 184 valence electrons. The van der Waals surface area contributed by atoms with E-state index >= 15 is 0 Å². The molecule has 1 fully saturated rings. The number of carbonyl (C=O) groups excluding carboxylic acids is 2. The molecule has 0 unspecified atom stereocenters.